The number of rotatable bonds is 9. The lowest BCUT2D eigenvalue weighted by Gasteiger charge is -2.16. The van der Waals surface area contributed by atoms with Crippen LogP contribution in [-0.4, -0.2) is 30.4 Å². The maximum absolute atomic E-state index is 12.2. The lowest BCUT2D eigenvalue weighted by atomic mass is 10.0. The van der Waals surface area contributed by atoms with Crippen molar-refractivity contribution < 1.29 is 17.9 Å². The van der Waals surface area contributed by atoms with Crippen LogP contribution >= 0.6 is 23.2 Å². The first-order chi connectivity index (χ1) is 13.6. The standard InChI is InChI=1S/C20H22Cl2N2O4S/c1-13(9-10-29(3,26)27)7-8-18(25)20-23-11-15(12-24-20)28-14(2)16-5-4-6-17(21)19(16)22/h4-6,9-14H,7-8H2,1-3H3/b10-9+/t13-,14?/m0/s1. The summed E-state index contributed by atoms with van der Waals surface area (Å²) in [6, 6.07) is 5.30. The van der Waals surface area contributed by atoms with Crippen LogP contribution in [0.3, 0.4) is 0 Å². The second-order valence-electron chi connectivity index (χ2n) is 6.74. The monoisotopic (exact) mass is 456 g/mol. The van der Waals surface area contributed by atoms with E-state index in [4.69, 9.17) is 27.9 Å². The molecule has 6 nitrogen and oxygen atoms in total. The van der Waals surface area contributed by atoms with E-state index in [1.165, 1.54) is 12.4 Å². The fraction of sp³-hybridized carbons (Fsp3) is 0.350. The molecule has 2 aromatic rings. The highest BCUT2D eigenvalue weighted by molar-refractivity contribution is 7.93. The summed E-state index contributed by atoms with van der Waals surface area (Å²) in [6.45, 7) is 3.66. The van der Waals surface area contributed by atoms with Crippen molar-refractivity contribution >= 4 is 38.8 Å². The number of allylic oxidation sites excluding steroid dienone is 1. The molecule has 1 aromatic heterocycles. The number of Topliss-reactive ketones (excluding diaryl/α,β-unsaturated/α-hetero) is 1. The third kappa shape index (κ3) is 7.42. The molecule has 2 rings (SSSR count). The van der Waals surface area contributed by atoms with Gasteiger partial charge in [-0.25, -0.2) is 18.4 Å². The number of sulfone groups is 1. The quantitative estimate of drug-likeness (QED) is 0.488. The molecule has 1 aromatic carbocycles. The molecule has 0 aliphatic heterocycles. The Bertz CT molecular complexity index is 992. The smallest absolute Gasteiger partial charge is 0.200 e. The number of carbonyl (C=O) groups excluding carboxylic acids is 1. The van der Waals surface area contributed by atoms with Gasteiger partial charge in [0.05, 0.1) is 22.4 Å². The van der Waals surface area contributed by atoms with Crippen LogP contribution in [-0.2, 0) is 9.84 Å². The van der Waals surface area contributed by atoms with E-state index in [9.17, 15) is 13.2 Å². The van der Waals surface area contributed by atoms with E-state index in [1.807, 2.05) is 19.9 Å². The topological polar surface area (TPSA) is 86.2 Å². The number of aromatic nitrogens is 2. The van der Waals surface area contributed by atoms with Gasteiger partial charge in [0, 0.05) is 23.6 Å². The molecule has 0 bridgehead atoms. The maximum Gasteiger partial charge on any atom is 0.200 e. The number of halogens is 2. The van der Waals surface area contributed by atoms with E-state index in [0.717, 1.165) is 17.2 Å². The van der Waals surface area contributed by atoms with Gasteiger partial charge in [0.1, 0.15) is 6.10 Å². The Labute approximate surface area is 180 Å². The highest BCUT2D eigenvalue weighted by atomic mass is 35.5. The van der Waals surface area contributed by atoms with Gasteiger partial charge < -0.3 is 4.74 Å². The number of benzene rings is 1. The Kier molecular flexibility index (Phi) is 8.19. The van der Waals surface area contributed by atoms with Gasteiger partial charge in [-0.1, -0.05) is 48.3 Å². The van der Waals surface area contributed by atoms with Crippen molar-refractivity contribution in [1.82, 2.24) is 9.97 Å². The molecule has 2 atom stereocenters. The zero-order chi connectivity index (χ0) is 21.6. The number of hydrogen-bond donors (Lipinski definition) is 0. The predicted molar refractivity (Wildman–Crippen MR) is 114 cm³/mol. The summed E-state index contributed by atoms with van der Waals surface area (Å²) in [7, 11) is -3.17. The van der Waals surface area contributed by atoms with Gasteiger partial charge in [-0.05, 0) is 25.3 Å². The van der Waals surface area contributed by atoms with E-state index in [2.05, 4.69) is 9.97 Å². The summed E-state index contributed by atoms with van der Waals surface area (Å²) in [5.41, 5.74) is 0.732. The summed E-state index contributed by atoms with van der Waals surface area (Å²) in [6.07, 6.45) is 5.89. The average molecular weight is 457 g/mol. The molecule has 9 heteroatoms. The van der Waals surface area contributed by atoms with Crippen LogP contribution in [0.4, 0.5) is 0 Å². The molecule has 0 radical (unpaired) electrons. The summed E-state index contributed by atoms with van der Waals surface area (Å²) >= 11 is 12.2. The van der Waals surface area contributed by atoms with Gasteiger partial charge >= 0.3 is 0 Å². The van der Waals surface area contributed by atoms with Crippen LogP contribution in [0.25, 0.3) is 0 Å². The van der Waals surface area contributed by atoms with Gasteiger partial charge in [-0.2, -0.15) is 0 Å². The lowest BCUT2D eigenvalue weighted by Crippen LogP contribution is -2.09. The van der Waals surface area contributed by atoms with Gasteiger partial charge in [0.15, 0.2) is 27.2 Å². The molecule has 0 aliphatic rings. The van der Waals surface area contributed by atoms with E-state index >= 15 is 0 Å². The normalized spacial score (nSPS) is 14.0. The maximum atomic E-state index is 12.2. The van der Waals surface area contributed by atoms with Gasteiger partial charge in [0.25, 0.3) is 0 Å². The number of nitrogens with zero attached hydrogens (tertiary/aromatic N) is 2. The minimum absolute atomic E-state index is 0.0559. The third-order valence-corrected chi connectivity index (χ3v) is 5.58. The summed E-state index contributed by atoms with van der Waals surface area (Å²) in [5, 5.41) is 2.02. The molecule has 0 spiro atoms. The number of ketones is 1. The van der Waals surface area contributed by atoms with Crippen molar-refractivity contribution in [3.63, 3.8) is 0 Å². The molecule has 0 N–H and O–H groups in total. The molecule has 0 aliphatic carbocycles. The number of ether oxygens (including phenoxy) is 1. The van der Waals surface area contributed by atoms with E-state index < -0.39 is 9.84 Å². The number of hydrogen-bond acceptors (Lipinski definition) is 6. The first-order valence-electron chi connectivity index (χ1n) is 8.91. The van der Waals surface area contributed by atoms with E-state index in [-0.39, 0.29) is 30.1 Å². The van der Waals surface area contributed by atoms with Crippen molar-refractivity contribution in [1.29, 1.82) is 0 Å². The molecular formula is C20H22Cl2N2O4S. The van der Waals surface area contributed by atoms with Crippen LogP contribution in [0.2, 0.25) is 10.0 Å². The molecule has 0 amide bonds. The summed E-state index contributed by atoms with van der Waals surface area (Å²) < 4.78 is 28.0. The predicted octanol–water partition coefficient (Wildman–Crippen LogP) is 5.08. The van der Waals surface area contributed by atoms with Crippen molar-refractivity contribution in [3.8, 4) is 5.75 Å². The van der Waals surface area contributed by atoms with E-state index in [1.54, 1.807) is 18.2 Å². The Morgan fingerprint density at radius 2 is 1.86 bits per heavy atom. The van der Waals surface area contributed by atoms with Crippen LogP contribution in [0.5, 0.6) is 5.75 Å². The average Bonchev–Trinajstić information content (AvgIpc) is 2.66. The highest BCUT2D eigenvalue weighted by Crippen LogP contribution is 2.32. The minimum Gasteiger partial charge on any atom is -0.483 e. The molecule has 0 fully saturated rings. The van der Waals surface area contributed by atoms with Crippen LogP contribution in [0, 0.1) is 5.92 Å². The summed E-state index contributed by atoms with van der Waals surface area (Å²) in [5.74, 6) is 0.210. The molecule has 1 heterocycles. The van der Waals surface area contributed by atoms with Gasteiger partial charge in [-0.15, -0.1) is 0 Å². The largest absolute Gasteiger partial charge is 0.483 e. The first kappa shape index (κ1) is 23.3. The summed E-state index contributed by atoms with van der Waals surface area (Å²) in [4.78, 5) is 20.4. The third-order valence-electron chi connectivity index (χ3n) is 4.09. The van der Waals surface area contributed by atoms with Crippen molar-refractivity contribution in [3.05, 3.63) is 63.5 Å². The van der Waals surface area contributed by atoms with Crippen molar-refractivity contribution in [2.45, 2.75) is 32.8 Å². The van der Waals surface area contributed by atoms with Crippen molar-refractivity contribution in [2.24, 2.45) is 5.92 Å². The van der Waals surface area contributed by atoms with Crippen molar-refractivity contribution in [2.75, 3.05) is 6.26 Å². The minimum atomic E-state index is -3.17. The molecule has 0 saturated heterocycles. The lowest BCUT2D eigenvalue weighted by molar-refractivity contribution is 0.0966. The molecular weight excluding hydrogens is 435 g/mol. The second kappa shape index (κ2) is 10.2. The molecule has 156 valence electrons. The molecule has 1 unspecified atom stereocenters. The fourth-order valence-electron chi connectivity index (χ4n) is 2.47. The number of carbonyl (C=O) groups is 1. The van der Waals surface area contributed by atoms with E-state index in [0.29, 0.717) is 22.2 Å². The SMILES string of the molecule is CC(Oc1cnc(C(=O)CC[C@H](C)/C=C/S(C)(=O)=O)nc1)c1cccc(Cl)c1Cl. The zero-order valence-electron chi connectivity index (χ0n) is 16.3. The first-order valence-corrected chi connectivity index (χ1v) is 11.6. The molecule has 0 saturated carbocycles. The Morgan fingerprint density at radius 1 is 1.21 bits per heavy atom. The molecule has 29 heavy (non-hydrogen) atoms. The highest BCUT2D eigenvalue weighted by Gasteiger charge is 2.15. The van der Waals surface area contributed by atoms with Gasteiger partial charge in [0.2, 0.25) is 0 Å². The van der Waals surface area contributed by atoms with Crippen LogP contribution < -0.4 is 4.74 Å². The second-order valence-corrected chi connectivity index (χ2v) is 9.46. The van der Waals surface area contributed by atoms with Gasteiger partial charge in [-0.3, -0.25) is 4.79 Å². The Morgan fingerprint density at radius 3 is 2.48 bits per heavy atom. The van der Waals surface area contributed by atoms with Crippen LogP contribution in [0.15, 0.2) is 42.1 Å². The Balaban J connectivity index is 1.94. The zero-order valence-corrected chi connectivity index (χ0v) is 18.6. The Hall–Kier alpha value is -1.96. The van der Waals surface area contributed by atoms with Crippen LogP contribution in [0.1, 0.15) is 49.0 Å². The fourth-order valence-corrected chi connectivity index (χ4v) is 3.48.